The number of aromatic nitrogens is 2. The molecule has 0 saturated heterocycles. The van der Waals surface area contributed by atoms with E-state index in [1.807, 2.05) is 24.3 Å². The van der Waals surface area contributed by atoms with Crippen LogP contribution in [0.25, 0.3) is 22.9 Å². The lowest BCUT2D eigenvalue weighted by molar-refractivity contribution is 1.07. The zero-order chi connectivity index (χ0) is 12.7. The molecular formula is C13H7BrN4. The Bertz CT molecular complexity index is 806. The standard InChI is InChI=1S/C13H7BrN4/c14-8-3-1-7(2-4-8)13-12-9(6-15)10(16)5-11(12)17-18-13/h1-5,16-17H. The summed E-state index contributed by atoms with van der Waals surface area (Å²) < 4.78 is 0.988. The summed E-state index contributed by atoms with van der Waals surface area (Å²) in [6, 6.07) is 9.77. The van der Waals surface area contributed by atoms with Crippen LogP contribution in [0.4, 0.5) is 0 Å². The second kappa shape index (κ2) is 3.93. The summed E-state index contributed by atoms with van der Waals surface area (Å²) in [5.41, 5.74) is 2.25. The summed E-state index contributed by atoms with van der Waals surface area (Å²) in [6.07, 6.45) is 1.63. The second-order valence-electron chi connectivity index (χ2n) is 3.91. The first-order valence-corrected chi connectivity index (χ1v) is 6.05. The van der Waals surface area contributed by atoms with E-state index in [0.29, 0.717) is 11.3 Å². The van der Waals surface area contributed by atoms with Crippen LogP contribution in [0.3, 0.4) is 0 Å². The van der Waals surface area contributed by atoms with Gasteiger partial charge in [0.05, 0.1) is 16.6 Å². The number of hydrogen-bond acceptors (Lipinski definition) is 3. The van der Waals surface area contributed by atoms with Crippen LogP contribution in [0.5, 0.6) is 0 Å². The summed E-state index contributed by atoms with van der Waals surface area (Å²) in [4.78, 5) is 0. The molecule has 18 heavy (non-hydrogen) atoms. The van der Waals surface area contributed by atoms with Crippen molar-refractivity contribution in [2.24, 2.45) is 0 Å². The molecule has 2 aromatic rings. The van der Waals surface area contributed by atoms with E-state index in [1.54, 1.807) is 6.08 Å². The molecule has 0 bridgehead atoms. The number of nitriles is 1. The third-order valence-electron chi connectivity index (χ3n) is 2.83. The number of halogens is 1. The van der Waals surface area contributed by atoms with Crippen molar-refractivity contribution in [1.82, 2.24) is 10.2 Å². The largest absolute Gasteiger partial charge is 0.299 e. The molecule has 86 valence electrons. The van der Waals surface area contributed by atoms with Crippen LogP contribution < -0.4 is 10.6 Å². The van der Waals surface area contributed by atoms with Gasteiger partial charge in [-0.1, -0.05) is 28.1 Å². The highest BCUT2D eigenvalue weighted by atomic mass is 79.9. The Morgan fingerprint density at radius 1 is 1.28 bits per heavy atom. The Morgan fingerprint density at radius 2 is 2.00 bits per heavy atom. The Kier molecular flexibility index (Phi) is 2.39. The fourth-order valence-corrected chi connectivity index (χ4v) is 2.26. The quantitative estimate of drug-likeness (QED) is 0.833. The first kappa shape index (κ1) is 10.9. The Balaban J connectivity index is 2.34. The molecule has 0 atom stereocenters. The van der Waals surface area contributed by atoms with Crippen molar-refractivity contribution < 1.29 is 0 Å². The van der Waals surface area contributed by atoms with Gasteiger partial charge < -0.3 is 0 Å². The summed E-state index contributed by atoms with van der Waals surface area (Å²) >= 11 is 3.38. The number of benzene rings is 1. The average molecular weight is 299 g/mol. The van der Waals surface area contributed by atoms with Crippen LogP contribution in [0.1, 0.15) is 0 Å². The highest BCUT2D eigenvalue weighted by molar-refractivity contribution is 9.10. The van der Waals surface area contributed by atoms with E-state index in [1.165, 1.54) is 0 Å². The van der Waals surface area contributed by atoms with Gasteiger partial charge in [-0.25, -0.2) is 0 Å². The van der Waals surface area contributed by atoms with Crippen molar-refractivity contribution in [3.8, 4) is 17.3 Å². The predicted octanol–water partition coefficient (Wildman–Crippen LogP) is 1.33. The SMILES string of the molecule is N#CC1=c2c(-c3ccc(Br)cc3)n[nH]c2=CC1=N. The lowest BCUT2D eigenvalue weighted by Gasteiger charge is -1.97. The Hall–Kier alpha value is -2.19. The van der Waals surface area contributed by atoms with Gasteiger partial charge in [-0.05, 0) is 18.2 Å². The maximum absolute atomic E-state index is 9.12. The molecule has 0 amide bonds. The lowest BCUT2D eigenvalue weighted by atomic mass is 10.1. The number of rotatable bonds is 1. The van der Waals surface area contributed by atoms with Gasteiger partial charge in [-0.15, -0.1) is 0 Å². The van der Waals surface area contributed by atoms with Crippen LogP contribution in [0.2, 0.25) is 0 Å². The lowest BCUT2D eigenvalue weighted by Crippen LogP contribution is -2.21. The minimum atomic E-state index is 0.236. The van der Waals surface area contributed by atoms with Crippen molar-refractivity contribution in [3.63, 3.8) is 0 Å². The molecule has 5 heteroatoms. The molecule has 0 unspecified atom stereocenters. The van der Waals surface area contributed by atoms with Crippen molar-refractivity contribution in [2.45, 2.75) is 0 Å². The molecule has 0 spiro atoms. The summed E-state index contributed by atoms with van der Waals surface area (Å²) in [6.45, 7) is 0. The molecule has 1 heterocycles. The highest BCUT2D eigenvalue weighted by Crippen LogP contribution is 2.17. The average Bonchev–Trinajstić information content (AvgIpc) is 2.88. The molecule has 0 aliphatic heterocycles. The molecule has 2 N–H and O–H groups in total. The van der Waals surface area contributed by atoms with Gasteiger partial charge in [-0.3, -0.25) is 10.5 Å². The summed E-state index contributed by atoms with van der Waals surface area (Å²) in [5, 5.41) is 25.4. The highest BCUT2D eigenvalue weighted by Gasteiger charge is 2.17. The zero-order valence-corrected chi connectivity index (χ0v) is 10.7. The zero-order valence-electron chi connectivity index (χ0n) is 9.16. The van der Waals surface area contributed by atoms with E-state index in [9.17, 15) is 0 Å². The maximum atomic E-state index is 9.12. The molecular weight excluding hydrogens is 292 g/mol. The number of hydrogen-bond donors (Lipinski definition) is 2. The normalized spacial score (nSPS) is 13.1. The van der Waals surface area contributed by atoms with E-state index in [2.05, 4.69) is 32.2 Å². The van der Waals surface area contributed by atoms with Gasteiger partial charge in [0.15, 0.2) is 0 Å². The topological polar surface area (TPSA) is 76.3 Å². The van der Waals surface area contributed by atoms with E-state index in [0.717, 1.165) is 20.6 Å². The van der Waals surface area contributed by atoms with E-state index in [-0.39, 0.29) is 5.71 Å². The van der Waals surface area contributed by atoms with Crippen molar-refractivity contribution in [1.29, 1.82) is 10.7 Å². The summed E-state index contributed by atoms with van der Waals surface area (Å²) in [5.74, 6) is 0. The molecule has 0 radical (unpaired) electrons. The monoisotopic (exact) mass is 298 g/mol. The van der Waals surface area contributed by atoms with Gasteiger partial charge in [0.25, 0.3) is 0 Å². The first-order chi connectivity index (χ1) is 8.70. The summed E-state index contributed by atoms with van der Waals surface area (Å²) in [7, 11) is 0. The minimum Gasteiger partial charge on any atom is -0.299 e. The van der Waals surface area contributed by atoms with Gasteiger partial charge in [0, 0.05) is 15.3 Å². The second-order valence-corrected chi connectivity index (χ2v) is 4.83. The predicted molar refractivity (Wildman–Crippen MR) is 72.2 cm³/mol. The Labute approximate surface area is 111 Å². The first-order valence-electron chi connectivity index (χ1n) is 5.26. The van der Waals surface area contributed by atoms with E-state index >= 15 is 0 Å². The van der Waals surface area contributed by atoms with Gasteiger partial charge >= 0.3 is 0 Å². The molecule has 1 aromatic carbocycles. The molecule has 0 saturated carbocycles. The third kappa shape index (κ3) is 1.50. The van der Waals surface area contributed by atoms with E-state index < -0.39 is 0 Å². The number of nitrogens with one attached hydrogen (secondary N) is 2. The third-order valence-corrected chi connectivity index (χ3v) is 3.36. The van der Waals surface area contributed by atoms with Crippen LogP contribution in [-0.2, 0) is 0 Å². The number of H-pyrrole nitrogens is 1. The molecule has 3 rings (SSSR count). The van der Waals surface area contributed by atoms with Crippen LogP contribution in [0.15, 0.2) is 28.7 Å². The molecule has 1 aliphatic carbocycles. The molecule has 0 fully saturated rings. The number of nitrogens with zero attached hydrogens (tertiary/aromatic N) is 2. The van der Waals surface area contributed by atoms with Crippen LogP contribution in [0, 0.1) is 16.7 Å². The van der Waals surface area contributed by atoms with E-state index in [4.69, 9.17) is 10.7 Å². The number of aromatic amines is 1. The van der Waals surface area contributed by atoms with Gasteiger partial charge in [-0.2, -0.15) is 10.4 Å². The maximum Gasteiger partial charge on any atom is 0.102 e. The smallest absolute Gasteiger partial charge is 0.102 e. The van der Waals surface area contributed by atoms with Crippen molar-refractivity contribution >= 4 is 33.3 Å². The fourth-order valence-electron chi connectivity index (χ4n) is 2.00. The minimum absolute atomic E-state index is 0.236. The van der Waals surface area contributed by atoms with Gasteiger partial charge in [0.2, 0.25) is 0 Å². The van der Waals surface area contributed by atoms with Crippen molar-refractivity contribution in [2.75, 3.05) is 0 Å². The van der Waals surface area contributed by atoms with Crippen LogP contribution >= 0.6 is 15.9 Å². The van der Waals surface area contributed by atoms with Crippen molar-refractivity contribution in [3.05, 3.63) is 39.3 Å². The number of fused-ring (bicyclic) bond motifs is 1. The molecule has 1 aliphatic rings. The van der Waals surface area contributed by atoms with Gasteiger partial charge in [0.1, 0.15) is 11.8 Å². The molecule has 4 nitrogen and oxygen atoms in total. The fraction of sp³-hybridized carbons (Fsp3) is 0. The van der Waals surface area contributed by atoms with Crippen LogP contribution in [-0.4, -0.2) is 15.9 Å². The Morgan fingerprint density at radius 3 is 2.67 bits per heavy atom. The molecule has 1 aromatic heterocycles.